The Morgan fingerprint density at radius 2 is 1.60 bits per heavy atom. The third-order valence-electron chi connectivity index (χ3n) is 5.50. The van der Waals surface area contributed by atoms with Crippen molar-refractivity contribution in [2.45, 2.75) is 26.2 Å². The van der Waals surface area contributed by atoms with Gasteiger partial charge in [-0.2, -0.15) is 10.4 Å². The summed E-state index contributed by atoms with van der Waals surface area (Å²) < 4.78 is 17.7. The lowest BCUT2D eigenvalue weighted by atomic mass is 9.99. The fourth-order valence-corrected chi connectivity index (χ4v) is 3.77. The molecule has 3 heterocycles. The minimum absolute atomic E-state index is 0.299. The van der Waals surface area contributed by atoms with Crippen molar-refractivity contribution in [3.63, 3.8) is 0 Å². The van der Waals surface area contributed by atoms with Crippen LogP contribution in [0.4, 0.5) is 0 Å². The molecule has 178 valence electrons. The van der Waals surface area contributed by atoms with Gasteiger partial charge >= 0.3 is 5.63 Å². The van der Waals surface area contributed by atoms with Crippen LogP contribution in [0.5, 0.6) is 11.5 Å². The second kappa shape index (κ2) is 10.1. The number of rotatable bonds is 10. The van der Waals surface area contributed by atoms with Crippen molar-refractivity contribution in [2.75, 3.05) is 13.2 Å². The van der Waals surface area contributed by atoms with Crippen LogP contribution in [0, 0.1) is 6.92 Å². The van der Waals surface area contributed by atoms with Crippen molar-refractivity contribution in [1.82, 2.24) is 41.2 Å². The molecule has 0 aliphatic heterocycles. The fraction of sp³-hybridized carbons (Fsp3) is 0.261. The van der Waals surface area contributed by atoms with E-state index in [0.717, 1.165) is 11.1 Å². The Morgan fingerprint density at radius 3 is 2.26 bits per heavy atom. The van der Waals surface area contributed by atoms with Crippen LogP contribution >= 0.6 is 0 Å². The van der Waals surface area contributed by atoms with Crippen molar-refractivity contribution in [3.05, 3.63) is 81.2 Å². The first-order valence-electron chi connectivity index (χ1n) is 11.0. The van der Waals surface area contributed by atoms with E-state index in [4.69, 9.17) is 13.9 Å². The van der Waals surface area contributed by atoms with Crippen LogP contribution in [-0.4, -0.2) is 54.5 Å². The molecule has 0 radical (unpaired) electrons. The summed E-state index contributed by atoms with van der Waals surface area (Å²) in [5.41, 5.74) is 2.39. The average molecular weight is 474 g/mol. The Balaban J connectivity index is 1.47. The number of aryl methyl sites for hydroxylation is 1. The Morgan fingerprint density at radius 1 is 0.914 bits per heavy atom. The highest BCUT2D eigenvalue weighted by Crippen LogP contribution is 2.34. The molecule has 12 nitrogen and oxygen atoms in total. The number of hydrogen-bond donors (Lipinski definition) is 2. The second-order valence-corrected chi connectivity index (χ2v) is 7.80. The first-order valence-corrected chi connectivity index (χ1v) is 11.0. The Kier molecular flexibility index (Phi) is 6.42. The van der Waals surface area contributed by atoms with Crippen molar-refractivity contribution >= 4 is 11.0 Å². The summed E-state index contributed by atoms with van der Waals surface area (Å²) >= 11 is 0. The molecule has 0 spiro atoms. The summed E-state index contributed by atoms with van der Waals surface area (Å²) in [5.74, 6) is 2.11. The number of aromatic nitrogens is 8. The van der Waals surface area contributed by atoms with E-state index in [-0.39, 0.29) is 5.63 Å². The number of nitrogens with one attached hydrogen (secondary N) is 2. The standard InChI is InChI=1S/C23H22N8O4/c1-14-17(11-15-5-3-2-4-6-15)23(32)35-19-13-16(33-9-7-20-24-28-29-25-20)12-18(22(14)19)34-10-8-21-26-30-31-27-21/h2-6,12-13H,7-11H2,1H3,(H,24,25,28,29)(H,26,27,30,31). The molecule has 0 amide bonds. The largest absolute Gasteiger partial charge is 0.493 e. The van der Waals surface area contributed by atoms with E-state index in [2.05, 4.69) is 41.2 Å². The summed E-state index contributed by atoms with van der Waals surface area (Å²) in [5, 5.41) is 28.4. The number of tetrazole rings is 2. The molecule has 0 atom stereocenters. The predicted octanol–water partition coefficient (Wildman–Crippen LogP) is 1.96. The minimum Gasteiger partial charge on any atom is -0.493 e. The van der Waals surface area contributed by atoms with Gasteiger partial charge < -0.3 is 13.9 Å². The molecular formula is C23H22N8O4. The molecule has 3 aromatic heterocycles. The number of fused-ring (bicyclic) bond motifs is 1. The molecule has 5 aromatic rings. The summed E-state index contributed by atoms with van der Waals surface area (Å²) in [7, 11) is 0. The topological polar surface area (TPSA) is 158 Å². The van der Waals surface area contributed by atoms with E-state index in [1.165, 1.54) is 0 Å². The molecule has 5 rings (SSSR count). The monoisotopic (exact) mass is 474 g/mol. The minimum atomic E-state index is -0.388. The molecule has 0 unspecified atom stereocenters. The van der Waals surface area contributed by atoms with E-state index in [0.29, 0.717) is 72.2 Å². The van der Waals surface area contributed by atoms with Crippen LogP contribution in [-0.2, 0) is 19.3 Å². The zero-order chi connectivity index (χ0) is 24.0. The van der Waals surface area contributed by atoms with Gasteiger partial charge in [0.2, 0.25) is 0 Å². The number of benzene rings is 2. The summed E-state index contributed by atoms with van der Waals surface area (Å²) in [6.07, 6.45) is 1.37. The second-order valence-electron chi connectivity index (χ2n) is 7.80. The maximum atomic E-state index is 12.9. The molecule has 0 saturated heterocycles. The molecule has 0 fully saturated rings. The number of H-pyrrole nitrogens is 2. The van der Waals surface area contributed by atoms with Crippen LogP contribution in [0.1, 0.15) is 28.3 Å². The van der Waals surface area contributed by atoms with Crippen LogP contribution in [0.3, 0.4) is 0 Å². The molecule has 0 saturated carbocycles. The predicted molar refractivity (Wildman–Crippen MR) is 123 cm³/mol. The lowest BCUT2D eigenvalue weighted by molar-refractivity contribution is 0.305. The third-order valence-corrected chi connectivity index (χ3v) is 5.50. The van der Waals surface area contributed by atoms with E-state index >= 15 is 0 Å². The highest BCUT2D eigenvalue weighted by molar-refractivity contribution is 5.89. The normalized spacial score (nSPS) is 11.1. The molecule has 0 aliphatic carbocycles. The van der Waals surface area contributed by atoms with Crippen molar-refractivity contribution < 1.29 is 13.9 Å². The molecule has 35 heavy (non-hydrogen) atoms. The van der Waals surface area contributed by atoms with Gasteiger partial charge in [0.15, 0.2) is 11.6 Å². The van der Waals surface area contributed by atoms with Crippen molar-refractivity contribution in [3.8, 4) is 11.5 Å². The van der Waals surface area contributed by atoms with Gasteiger partial charge in [-0.1, -0.05) is 40.8 Å². The van der Waals surface area contributed by atoms with E-state index in [1.807, 2.05) is 37.3 Å². The fourth-order valence-electron chi connectivity index (χ4n) is 3.77. The first-order chi connectivity index (χ1) is 17.2. The van der Waals surface area contributed by atoms with Gasteiger partial charge in [-0.25, -0.2) is 4.79 Å². The van der Waals surface area contributed by atoms with Crippen LogP contribution in [0.15, 0.2) is 51.7 Å². The summed E-state index contributed by atoms with van der Waals surface area (Å²) in [4.78, 5) is 12.9. The van der Waals surface area contributed by atoms with E-state index in [9.17, 15) is 4.79 Å². The van der Waals surface area contributed by atoms with Crippen molar-refractivity contribution in [2.24, 2.45) is 0 Å². The Hall–Kier alpha value is -4.61. The molecule has 0 aliphatic rings. The lowest BCUT2D eigenvalue weighted by Gasteiger charge is -2.15. The van der Waals surface area contributed by atoms with Gasteiger partial charge in [-0.15, -0.1) is 20.4 Å². The van der Waals surface area contributed by atoms with Gasteiger partial charge in [0.25, 0.3) is 0 Å². The summed E-state index contributed by atoms with van der Waals surface area (Å²) in [6, 6.07) is 13.3. The Labute approximate surface area is 198 Å². The number of hydrogen-bond acceptors (Lipinski definition) is 10. The SMILES string of the molecule is Cc1c(Cc2ccccc2)c(=O)oc2cc(OCCc3nn[nH]n3)cc(OCCc3nn[nH]n3)c12. The van der Waals surface area contributed by atoms with Gasteiger partial charge in [0.05, 0.1) is 18.6 Å². The number of aromatic amines is 2. The summed E-state index contributed by atoms with van der Waals surface area (Å²) in [6.45, 7) is 2.51. The van der Waals surface area contributed by atoms with E-state index in [1.54, 1.807) is 12.1 Å². The number of ether oxygens (including phenoxy) is 2. The van der Waals surface area contributed by atoms with Gasteiger partial charge in [-0.3, -0.25) is 0 Å². The van der Waals surface area contributed by atoms with Crippen LogP contribution < -0.4 is 15.1 Å². The third kappa shape index (κ3) is 5.16. The molecule has 2 N–H and O–H groups in total. The Bertz CT molecular complexity index is 1450. The highest BCUT2D eigenvalue weighted by Gasteiger charge is 2.18. The molecule has 0 bridgehead atoms. The van der Waals surface area contributed by atoms with Crippen LogP contribution in [0.2, 0.25) is 0 Å². The molecular weight excluding hydrogens is 452 g/mol. The zero-order valence-electron chi connectivity index (χ0n) is 18.9. The average Bonchev–Trinajstić information content (AvgIpc) is 3.57. The quantitative estimate of drug-likeness (QED) is 0.287. The van der Waals surface area contributed by atoms with Gasteiger partial charge in [0.1, 0.15) is 17.1 Å². The van der Waals surface area contributed by atoms with Gasteiger partial charge in [-0.05, 0) is 18.1 Å². The maximum Gasteiger partial charge on any atom is 0.340 e. The maximum absolute atomic E-state index is 12.9. The molecule has 2 aromatic carbocycles. The first kappa shape index (κ1) is 22.2. The number of nitrogens with zero attached hydrogens (tertiary/aromatic N) is 6. The smallest absolute Gasteiger partial charge is 0.340 e. The van der Waals surface area contributed by atoms with Crippen LogP contribution in [0.25, 0.3) is 11.0 Å². The zero-order valence-corrected chi connectivity index (χ0v) is 18.9. The molecule has 12 heteroatoms. The highest BCUT2D eigenvalue weighted by atomic mass is 16.5. The van der Waals surface area contributed by atoms with Crippen molar-refractivity contribution in [1.29, 1.82) is 0 Å². The lowest BCUT2D eigenvalue weighted by Crippen LogP contribution is -2.12. The van der Waals surface area contributed by atoms with Gasteiger partial charge in [0, 0.05) is 37.0 Å². The van der Waals surface area contributed by atoms with E-state index < -0.39 is 0 Å².